The molecule has 1 aliphatic heterocycles. The summed E-state index contributed by atoms with van der Waals surface area (Å²) in [4.78, 5) is 29.5. The molecule has 1 aliphatic rings. The minimum Gasteiger partial charge on any atom is -0.481 e. The summed E-state index contributed by atoms with van der Waals surface area (Å²) in [5, 5.41) is 8.67. The van der Waals surface area contributed by atoms with Gasteiger partial charge in [-0.2, -0.15) is 0 Å². The van der Waals surface area contributed by atoms with Crippen LogP contribution in [0.3, 0.4) is 0 Å². The number of carbonyl (C=O) groups excluding carboxylic acids is 1. The van der Waals surface area contributed by atoms with Gasteiger partial charge in [-0.3, -0.25) is 13.9 Å². The van der Waals surface area contributed by atoms with Crippen LogP contribution >= 0.6 is 0 Å². The third-order valence-electron chi connectivity index (χ3n) is 4.01. The highest BCUT2D eigenvalue weighted by Gasteiger charge is 2.25. The van der Waals surface area contributed by atoms with Crippen LogP contribution in [-0.4, -0.2) is 49.4 Å². The minimum absolute atomic E-state index is 0.190. The average Bonchev–Trinajstić information content (AvgIpc) is 3.43. The summed E-state index contributed by atoms with van der Waals surface area (Å²) in [6, 6.07) is -0.190. The maximum absolute atomic E-state index is 11.4. The second-order valence-corrected chi connectivity index (χ2v) is 6.83. The molecular weight excluding hydrogens is 348 g/mol. The Morgan fingerprint density at radius 1 is 1.07 bits per heavy atom. The number of carboxylic acid groups (broad SMARTS) is 1. The lowest BCUT2D eigenvalue weighted by Gasteiger charge is -2.17. The Morgan fingerprint density at radius 2 is 1.59 bits per heavy atom. The van der Waals surface area contributed by atoms with E-state index in [-0.39, 0.29) is 6.03 Å². The van der Waals surface area contributed by atoms with Crippen LogP contribution in [0.1, 0.15) is 52.9 Å². The molecule has 0 amide bonds. The number of aromatic nitrogens is 4. The minimum atomic E-state index is -0.694. The molecule has 1 fully saturated rings. The van der Waals surface area contributed by atoms with Crippen LogP contribution in [-0.2, 0) is 9.53 Å². The van der Waals surface area contributed by atoms with Gasteiger partial charge in [-0.15, -0.1) is 0 Å². The Labute approximate surface area is 160 Å². The number of carbonyl (C=O) groups is 2. The number of hydrogen-bond donors (Lipinski definition) is 1. The van der Waals surface area contributed by atoms with Gasteiger partial charge < -0.3 is 9.84 Å². The molecule has 2 aromatic rings. The number of unbranched alkanes of at least 4 members (excludes halogenated alkanes) is 1. The molecule has 150 valence electrons. The first-order valence-electron chi connectivity index (χ1n) is 9.20. The molecule has 0 saturated carbocycles. The molecule has 1 saturated heterocycles. The second-order valence-electron chi connectivity index (χ2n) is 6.83. The van der Waals surface area contributed by atoms with Gasteiger partial charge in [0.05, 0.1) is 5.41 Å². The van der Waals surface area contributed by atoms with Gasteiger partial charge in [0, 0.05) is 38.0 Å². The Morgan fingerprint density at radius 3 is 1.89 bits per heavy atom. The van der Waals surface area contributed by atoms with Crippen molar-refractivity contribution in [1.82, 2.24) is 19.1 Å². The predicted molar refractivity (Wildman–Crippen MR) is 102 cm³/mol. The summed E-state index contributed by atoms with van der Waals surface area (Å²) >= 11 is 0. The maximum atomic E-state index is 11.4. The molecule has 0 spiro atoms. The zero-order chi connectivity index (χ0) is 20.1. The molecule has 8 nitrogen and oxygen atoms in total. The second kappa shape index (κ2) is 12.0. The number of ether oxygens (including phenoxy) is 1. The highest BCUT2D eigenvalue weighted by atomic mass is 16.5. The molecule has 27 heavy (non-hydrogen) atoms. The lowest BCUT2D eigenvalue weighted by atomic mass is 9.88. The van der Waals surface area contributed by atoms with E-state index in [4.69, 9.17) is 9.84 Å². The van der Waals surface area contributed by atoms with Gasteiger partial charge in [0.15, 0.2) is 0 Å². The topological polar surface area (TPSA) is 99.2 Å². The molecule has 8 heteroatoms. The van der Waals surface area contributed by atoms with Crippen LogP contribution in [0.2, 0.25) is 0 Å². The van der Waals surface area contributed by atoms with E-state index in [2.05, 4.69) is 16.9 Å². The van der Waals surface area contributed by atoms with Gasteiger partial charge in [0.1, 0.15) is 12.7 Å². The summed E-state index contributed by atoms with van der Waals surface area (Å²) in [5.41, 5.74) is -0.532. The Hall–Kier alpha value is -2.48. The van der Waals surface area contributed by atoms with E-state index < -0.39 is 11.4 Å². The largest absolute Gasteiger partial charge is 0.481 e. The predicted octanol–water partition coefficient (Wildman–Crippen LogP) is 3.68. The summed E-state index contributed by atoms with van der Waals surface area (Å²) in [5.74, 6) is -0.694. The van der Waals surface area contributed by atoms with Gasteiger partial charge in [-0.25, -0.2) is 14.8 Å². The lowest BCUT2D eigenvalue weighted by Crippen LogP contribution is -2.23. The van der Waals surface area contributed by atoms with E-state index in [1.165, 1.54) is 34.6 Å². The fourth-order valence-corrected chi connectivity index (χ4v) is 2.11. The van der Waals surface area contributed by atoms with E-state index in [9.17, 15) is 9.59 Å². The summed E-state index contributed by atoms with van der Waals surface area (Å²) in [7, 11) is 0. The third kappa shape index (κ3) is 8.63. The van der Waals surface area contributed by atoms with E-state index in [0.717, 1.165) is 32.5 Å². The van der Waals surface area contributed by atoms with Crippen LogP contribution in [0.15, 0.2) is 37.4 Å². The fourth-order valence-electron chi connectivity index (χ4n) is 2.11. The van der Waals surface area contributed by atoms with Crippen LogP contribution in [0.25, 0.3) is 0 Å². The van der Waals surface area contributed by atoms with Crippen molar-refractivity contribution in [2.45, 2.75) is 52.9 Å². The van der Waals surface area contributed by atoms with Crippen molar-refractivity contribution in [3.63, 3.8) is 0 Å². The first kappa shape index (κ1) is 22.6. The van der Waals surface area contributed by atoms with Crippen LogP contribution in [0, 0.1) is 5.41 Å². The Kier molecular flexibility index (Phi) is 10.0. The molecule has 0 radical (unpaired) electrons. The maximum Gasteiger partial charge on any atom is 0.338 e. The van der Waals surface area contributed by atoms with E-state index in [1.807, 2.05) is 0 Å². The zero-order valence-corrected chi connectivity index (χ0v) is 16.4. The van der Waals surface area contributed by atoms with Gasteiger partial charge in [-0.1, -0.05) is 19.8 Å². The monoisotopic (exact) mass is 378 g/mol. The smallest absolute Gasteiger partial charge is 0.338 e. The van der Waals surface area contributed by atoms with Gasteiger partial charge >= 0.3 is 12.0 Å². The molecule has 3 rings (SSSR count). The number of nitrogens with zero attached hydrogens (tertiary/aromatic N) is 4. The number of rotatable bonds is 4. The quantitative estimate of drug-likeness (QED) is 0.871. The van der Waals surface area contributed by atoms with Crippen LogP contribution in [0.4, 0.5) is 4.79 Å². The SMILES string of the molecule is C1CCOC1.CCCCC(C)(C)C(=O)O.O=C(n1ccnc1)n1ccnc1. The molecular formula is C19H30N4O4. The highest BCUT2D eigenvalue weighted by Crippen LogP contribution is 2.22. The Bertz CT molecular complexity index is 603. The summed E-state index contributed by atoms with van der Waals surface area (Å²) < 4.78 is 7.70. The van der Waals surface area contributed by atoms with Gasteiger partial charge in [-0.05, 0) is 33.1 Å². The van der Waals surface area contributed by atoms with Crippen molar-refractivity contribution >= 4 is 12.0 Å². The van der Waals surface area contributed by atoms with Gasteiger partial charge in [0.2, 0.25) is 0 Å². The van der Waals surface area contributed by atoms with Crippen molar-refractivity contribution in [1.29, 1.82) is 0 Å². The first-order chi connectivity index (χ1) is 12.9. The van der Waals surface area contributed by atoms with Crippen molar-refractivity contribution in [2.75, 3.05) is 13.2 Å². The molecule has 0 unspecified atom stereocenters. The van der Waals surface area contributed by atoms with E-state index in [1.54, 1.807) is 38.6 Å². The molecule has 0 atom stereocenters. The number of imidazole rings is 2. The first-order valence-corrected chi connectivity index (χ1v) is 9.20. The fraction of sp³-hybridized carbons (Fsp3) is 0.579. The van der Waals surface area contributed by atoms with E-state index >= 15 is 0 Å². The van der Waals surface area contributed by atoms with E-state index in [0.29, 0.717) is 0 Å². The van der Waals surface area contributed by atoms with Crippen molar-refractivity contribution in [3.8, 4) is 0 Å². The third-order valence-corrected chi connectivity index (χ3v) is 4.01. The summed E-state index contributed by atoms with van der Waals surface area (Å²) in [6.07, 6.45) is 14.6. The average molecular weight is 378 g/mol. The Balaban J connectivity index is 0.000000219. The number of aliphatic carboxylic acids is 1. The lowest BCUT2D eigenvalue weighted by molar-refractivity contribution is -0.147. The summed E-state index contributed by atoms with van der Waals surface area (Å²) in [6.45, 7) is 7.61. The molecule has 1 N–H and O–H groups in total. The van der Waals surface area contributed by atoms with Crippen molar-refractivity contribution in [2.24, 2.45) is 5.41 Å². The number of carboxylic acids is 1. The van der Waals surface area contributed by atoms with Crippen LogP contribution in [0.5, 0.6) is 0 Å². The van der Waals surface area contributed by atoms with Crippen molar-refractivity contribution < 1.29 is 19.4 Å². The molecule has 0 bridgehead atoms. The zero-order valence-electron chi connectivity index (χ0n) is 16.4. The molecule has 0 aliphatic carbocycles. The highest BCUT2D eigenvalue weighted by molar-refractivity contribution is 5.78. The molecule has 0 aromatic carbocycles. The molecule has 2 aromatic heterocycles. The van der Waals surface area contributed by atoms with Crippen LogP contribution < -0.4 is 0 Å². The standard InChI is InChI=1S/C8H16O2.C7H6N4O.C4H8O/c1-4-5-6-8(2,3)7(9)10;12-7(10-3-1-8-5-10)11-4-2-9-6-11;1-2-4-5-3-1/h4-6H2,1-3H3,(H,9,10);1-6H;1-4H2. The molecule has 3 heterocycles. The normalized spacial score (nSPS) is 13.1. The van der Waals surface area contributed by atoms with Gasteiger partial charge in [0.25, 0.3) is 0 Å². The number of hydrogen-bond acceptors (Lipinski definition) is 5. The van der Waals surface area contributed by atoms with Crippen molar-refractivity contribution in [3.05, 3.63) is 37.4 Å².